The molecule has 0 aliphatic rings. The van der Waals surface area contributed by atoms with Gasteiger partial charge in [-0.15, -0.1) is 0 Å². The molecule has 1 aromatic heterocycles. The molecule has 0 saturated carbocycles. The van der Waals surface area contributed by atoms with E-state index in [4.69, 9.17) is 9.47 Å². The summed E-state index contributed by atoms with van der Waals surface area (Å²) in [7, 11) is 0. The van der Waals surface area contributed by atoms with E-state index in [1.54, 1.807) is 16.7 Å². The lowest BCUT2D eigenvalue weighted by atomic mass is 10.3. The minimum atomic E-state index is -0.353. The standard InChI is InChI=1S/C12H19NO3/c1-4-15-12(16-5-2)9-13-10(3)7-6-8-11(13)14/h6-8,12H,4-5,9H2,1-3H3. The average molecular weight is 225 g/mol. The lowest BCUT2D eigenvalue weighted by molar-refractivity contribution is -0.144. The van der Waals surface area contributed by atoms with Gasteiger partial charge in [0.2, 0.25) is 0 Å². The van der Waals surface area contributed by atoms with Crippen molar-refractivity contribution in [3.8, 4) is 0 Å². The summed E-state index contributed by atoms with van der Waals surface area (Å²) in [6, 6.07) is 5.20. The number of aromatic nitrogens is 1. The second-order valence-corrected chi connectivity index (χ2v) is 3.46. The van der Waals surface area contributed by atoms with Gasteiger partial charge >= 0.3 is 0 Å². The zero-order valence-corrected chi connectivity index (χ0v) is 10.1. The van der Waals surface area contributed by atoms with Crippen LogP contribution >= 0.6 is 0 Å². The predicted octanol–water partition coefficient (Wildman–Crippen LogP) is 1.56. The molecule has 1 heterocycles. The van der Waals surface area contributed by atoms with Crippen LogP contribution in [0.15, 0.2) is 23.0 Å². The van der Waals surface area contributed by atoms with E-state index in [2.05, 4.69) is 0 Å². The van der Waals surface area contributed by atoms with Crippen LogP contribution in [0.2, 0.25) is 0 Å². The number of ether oxygens (including phenoxy) is 2. The molecule has 0 spiro atoms. The van der Waals surface area contributed by atoms with Crippen LogP contribution in [0.3, 0.4) is 0 Å². The Hall–Kier alpha value is -1.13. The predicted molar refractivity (Wildman–Crippen MR) is 62.5 cm³/mol. The number of aryl methyl sites for hydroxylation is 1. The van der Waals surface area contributed by atoms with Crippen molar-refractivity contribution in [1.82, 2.24) is 4.57 Å². The summed E-state index contributed by atoms with van der Waals surface area (Å²) in [6.07, 6.45) is -0.353. The van der Waals surface area contributed by atoms with Crippen molar-refractivity contribution in [2.45, 2.75) is 33.6 Å². The van der Waals surface area contributed by atoms with Gasteiger partial charge in [0.15, 0.2) is 6.29 Å². The van der Waals surface area contributed by atoms with E-state index in [0.717, 1.165) is 5.69 Å². The molecule has 1 rings (SSSR count). The Bertz CT molecular complexity index is 367. The summed E-state index contributed by atoms with van der Waals surface area (Å²) in [6.45, 7) is 7.30. The number of rotatable bonds is 6. The van der Waals surface area contributed by atoms with E-state index in [-0.39, 0.29) is 11.8 Å². The monoisotopic (exact) mass is 225 g/mol. The van der Waals surface area contributed by atoms with Crippen LogP contribution in [0.5, 0.6) is 0 Å². The Morgan fingerprint density at radius 2 is 1.88 bits per heavy atom. The van der Waals surface area contributed by atoms with Gasteiger partial charge in [-0.3, -0.25) is 4.79 Å². The van der Waals surface area contributed by atoms with Gasteiger partial charge in [0.1, 0.15) is 0 Å². The molecule has 0 unspecified atom stereocenters. The van der Waals surface area contributed by atoms with Crippen LogP contribution in [0.25, 0.3) is 0 Å². The second kappa shape index (κ2) is 6.45. The number of hydrogen-bond acceptors (Lipinski definition) is 3. The smallest absolute Gasteiger partial charge is 0.250 e. The van der Waals surface area contributed by atoms with Gasteiger partial charge < -0.3 is 14.0 Å². The first-order chi connectivity index (χ1) is 7.69. The fourth-order valence-electron chi connectivity index (χ4n) is 1.53. The zero-order valence-electron chi connectivity index (χ0n) is 10.1. The molecule has 0 radical (unpaired) electrons. The lowest BCUT2D eigenvalue weighted by Gasteiger charge is -2.19. The summed E-state index contributed by atoms with van der Waals surface area (Å²) in [5, 5.41) is 0. The molecule has 0 aliphatic heterocycles. The molecule has 0 aromatic carbocycles. The fourth-order valence-corrected chi connectivity index (χ4v) is 1.53. The Kier molecular flexibility index (Phi) is 5.22. The Balaban J connectivity index is 2.80. The minimum Gasteiger partial charge on any atom is -0.351 e. The first-order valence-corrected chi connectivity index (χ1v) is 5.58. The van der Waals surface area contributed by atoms with Gasteiger partial charge in [-0.2, -0.15) is 0 Å². The summed E-state index contributed by atoms with van der Waals surface area (Å²) in [5.74, 6) is 0. The molecular weight excluding hydrogens is 206 g/mol. The highest BCUT2D eigenvalue weighted by molar-refractivity contribution is 5.04. The molecule has 4 nitrogen and oxygen atoms in total. The van der Waals surface area contributed by atoms with E-state index in [1.165, 1.54) is 0 Å². The Morgan fingerprint density at radius 1 is 1.25 bits per heavy atom. The van der Waals surface area contributed by atoms with Crippen molar-refractivity contribution in [3.05, 3.63) is 34.2 Å². The van der Waals surface area contributed by atoms with Crippen molar-refractivity contribution in [2.24, 2.45) is 0 Å². The highest BCUT2D eigenvalue weighted by Crippen LogP contribution is 2.01. The molecule has 0 bridgehead atoms. The van der Waals surface area contributed by atoms with E-state index in [1.807, 2.05) is 26.8 Å². The SMILES string of the molecule is CCOC(Cn1c(C)cccc1=O)OCC. The van der Waals surface area contributed by atoms with E-state index < -0.39 is 0 Å². The first-order valence-electron chi connectivity index (χ1n) is 5.58. The summed E-state index contributed by atoms with van der Waals surface area (Å²) in [4.78, 5) is 11.6. The highest BCUT2D eigenvalue weighted by atomic mass is 16.7. The molecular formula is C12H19NO3. The largest absolute Gasteiger partial charge is 0.351 e. The van der Waals surface area contributed by atoms with Gasteiger partial charge in [-0.1, -0.05) is 6.07 Å². The first kappa shape index (κ1) is 12.9. The highest BCUT2D eigenvalue weighted by Gasteiger charge is 2.10. The van der Waals surface area contributed by atoms with Crippen molar-refractivity contribution in [3.63, 3.8) is 0 Å². The van der Waals surface area contributed by atoms with E-state index in [0.29, 0.717) is 19.8 Å². The third kappa shape index (κ3) is 3.47. The van der Waals surface area contributed by atoms with Crippen LogP contribution in [0.4, 0.5) is 0 Å². The van der Waals surface area contributed by atoms with Gasteiger partial charge in [0.05, 0.1) is 6.54 Å². The Morgan fingerprint density at radius 3 is 2.38 bits per heavy atom. The van der Waals surface area contributed by atoms with Crippen molar-refractivity contribution < 1.29 is 9.47 Å². The number of nitrogens with zero attached hydrogens (tertiary/aromatic N) is 1. The maximum atomic E-state index is 11.6. The van der Waals surface area contributed by atoms with Gasteiger partial charge in [0, 0.05) is 25.0 Å². The van der Waals surface area contributed by atoms with Gasteiger partial charge in [-0.05, 0) is 26.8 Å². The maximum absolute atomic E-state index is 11.6. The van der Waals surface area contributed by atoms with Gasteiger partial charge in [-0.25, -0.2) is 0 Å². The quantitative estimate of drug-likeness (QED) is 0.690. The summed E-state index contributed by atoms with van der Waals surface area (Å²) in [5.41, 5.74) is 0.890. The van der Waals surface area contributed by atoms with Gasteiger partial charge in [0.25, 0.3) is 5.56 Å². The zero-order chi connectivity index (χ0) is 12.0. The molecule has 0 amide bonds. The third-order valence-corrected chi connectivity index (χ3v) is 2.30. The van der Waals surface area contributed by atoms with Crippen LogP contribution in [-0.4, -0.2) is 24.1 Å². The molecule has 0 saturated heterocycles. The Labute approximate surface area is 95.8 Å². The molecule has 16 heavy (non-hydrogen) atoms. The summed E-state index contributed by atoms with van der Waals surface area (Å²) < 4.78 is 12.5. The van der Waals surface area contributed by atoms with Crippen molar-refractivity contribution >= 4 is 0 Å². The second-order valence-electron chi connectivity index (χ2n) is 3.46. The van der Waals surface area contributed by atoms with Crippen molar-refractivity contribution in [2.75, 3.05) is 13.2 Å². The maximum Gasteiger partial charge on any atom is 0.250 e. The van der Waals surface area contributed by atoms with Crippen LogP contribution in [0.1, 0.15) is 19.5 Å². The fraction of sp³-hybridized carbons (Fsp3) is 0.583. The molecule has 0 N–H and O–H groups in total. The van der Waals surface area contributed by atoms with E-state index in [9.17, 15) is 4.79 Å². The normalized spacial score (nSPS) is 11.0. The molecule has 0 fully saturated rings. The van der Waals surface area contributed by atoms with Crippen molar-refractivity contribution in [1.29, 1.82) is 0 Å². The topological polar surface area (TPSA) is 40.5 Å². The molecule has 1 aromatic rings. The number of pyridine rings is 1. The molecule has 90 valence electrons. The average Bonchev–Trinajstić information content (AvgIpc) is 2.24. The van der Waals surface area contributed by atoms with E-state index >= 15 is 0 Å². The molecule has 0 atom stereocenters. The number of hydrogen-bond donors (Lipinski definition) is 0. The minimum absolute atomic E-state index is 0.0237. The van der Waals surface area contributed by atoms with Crippen LogP contribution in [0, 0.1) is 6.92 Å². The molecule has 0 aliphatic carbocycles. The third-order valence-electron chi connectivity index (χ3n) is 2.30. The van der Waals surface area contributed by atoms with Crippen LogP contribution < -0.4 is 5.56 Å². The van der Waals surface area contributed by atoms with Crippen LogP contribution in [-0.2, 0) is 16.0 Å². The lowest BCUT2D eigenvalue weighted by Crippen LogP contribution is -2.31. The summed E-state index contributed by atoms with van der Waals surface area (Å²) >= 11 is 0. The molecule has 4 heteroatoms.